The third-order valence-corrected chi connectivity index (χ3v) is 3.31. The van der Waals surface area contributed by atoms with E-state index in [4.69, 9.17) is 0 Å². The fourth-order valence-electron chi connectivity index (χ4n) is 2.33. The van der Waals surface area contributed by atoms with Crippen LogP contribution in [-0.2, 0) is 0 Å². The summed E-state index contributed by atoms with van der Waals surface area (Å²) in [6, 6.07) is 7.89. The molecular weight excluding hydrogens is 271 g/mol. The summed E-state index contributed by atoms with van der Waals surface area (Å²) in [5.74, 6) is -0.982. The third kappa shape index (κ3) is 2.86. The summed E-state index contributed by atoms with van der Waals surface area (Å²) in [6.07, 6.45) is 1.54. The minimum Gasteiger partial charge on any atom is -0.355 e. The van der Waals surface area contributed by atoms with Gasteiger partial charge in [-0.05, 0) is 23.8 Å². The predicted molar refractivity (Wildman–Crippen MR) is 76.7 cm³/mol. The smallest absolute Gasteiger partial charge is 0.254 e. The van der Waals surface area contributed by atoms with Gasteiger partial charge in [-0.2, -0.15) is 0 Å². The van der Waals surface area contributed by atoms with Gasteiger partial charge in [-0.1, -0.05) is 19.9 Å². The first kappa shape index (κ1) is 15.0. The number of halogens is 1. The Bertz CT molecular complexity index is 684. The SMILES string of the molecule is CNC(=O)c1cc(-c2ccc[n+](O)c2C(C)C)ccc1F. The van der Waals surface area contributed by atoms with Gasteiger partial charge in [0.2, 0.25) is 11.9 Å². The highest BCUT2D eigenvalue weighted by Gasteiger charge is 2.22. The highest BCUT2D eigenvalue weighted by molar-refractivity contribution is 5.95. The zero-order chi connectivity index (χ0) is 15.6. The number of rotatable bonds is 3. The number of nitrogens with one attached hydrogen (secondary N) is 1. The second-order valence-electron chi connectivity index (χ2n) is 5.08. The van der Waals surface area contributed by atoms with Crippen LogP contribution in [0.5, 0.6) is 0 Å². The van der Waals surface area contributed by atoms with E-state index in [1.54, 1.807) is 18.3 Å². The van der Waals surface area contributed by atoms with Crippen molar-refractivity contribution < 1.29 is 19.1 Å². The lowest BCUT2D eigenvalue weighted by molar-refractivity contribution is -0.909. The molecule has 2 aromatic rings. The molecule has 0 atom stereocenters. The molecule has 21 heavy (non-hydrogen) atoms. The number of carbonyl (C=O) groups is 1. The maximum absolute atomic E-state index is 13.7. The van der Waals surface area contributed by atoms with Gasteiger partial charge < -0.3 is 5.32 Å². The lowest BCUT2D eigenvalue weighted by atomic mass is 9.96. The van der Waals surface area contributed by atoms with E-state index in [0.29, 0.717) is 11.3 Å². The predicted octanol–water partition coefficient (Wildman–Crippen LogP) is 2.50. The zero-order valence-corrected chi connectivity index (χ0v) is 12.2. The van der Waals surface area contributed by atoms with Gasteiger partial charge in [0.05, 0.1) is 11.1 Å². The van der Waals surface area contributed by atoms with Crippen molar-refractivity contribution in [2.45, 2.75) is 19.8 Å². The van der Waals surface area contributed by atoms with Gasteiger partial charge in [-0.25, -0.2) is 4.39 Å². The molecule has 0 aliphatic heterocycles. The van der Waals surface area contributed by atoms with Gasteiger partial charge in [-0.3, -0.25) is 10.0 Å². The van der Waals surface area contributed by atoms with Gasteiger partial charge in [-0.15, -0.1) is 0 Å². The van der Waals surface area contributed by atoms with E-state index in [-0.39, 0.29) is 11.5 Å². The van der Waals surface area contributed by atoms with E-state index < -0.39 is 11.7 Å². The number of amides is 1. The summed E-state index contributed by atoms with van der Waals surface area (Å²) in [4.78, 5) is 11.7. The molecule has 0 saturated carbocycles. The standard InChI is InChI=1S/C16H17FN2O2/c1-10(2)15-12(5-4-8-19(15)21)11-6-7-14(17)13(9-11)16(20)18-3/h4-10H,1-3H3,(H-,18,20,21)/p+1. The largest absolute Gasteiger partial charge is 0.355 e. The molecule has 1 amide bonds. The molecule has 0 bridgehead atoms. The molecule has 0 fully saturated rings. The zero-order valence-electron chi connectivity index (χ0n) is 12.2. The van der Waals surface area contributed by atoms with E-state index in [1.165, 1.54) is 19.2 Å². The van der Waals surface area contributed by atoms with Crippen LogP contribution >= 0.6 is 0 Å². The maximum Gasteiger partial charge on any atom is 0.254 e. The molecule has 4 nitrogen and oxygen atoms in total. The number of hydrogen-bond donors (Lipinski definition) is 2. The van der Waals surface area contributed by atoms with Crippen molar-refractivity contribution in [1.82, 2.24) is 5.32 Å². The van der Waals surface area contributed by atoms with Crippen LogP contribution in [0.4, 0.5) is 4.39 Å². The molecule has 110 valence electrons. The van der Waals surface area contributed by atoms with Crippen molar-refractivity contribution in [2.24, 2.45) is 0 Å². The molecule has 1 heterocycles. The fraction of sp³-hybridized carbons (Fsp3) is 0.250. The number of aromatic nitrogens is 1. The Morgan fingerprint density at radius 2 is 2.05 bits per heavy atom. The molecule has 0 spiro atoms. The number of pyridine rings is 1. The van der Waals surface area contributed by atoms with Crippen molar-refractivity contribution in [3.8, 4) is 11.1 Å². The lowest BCUT2D eigenvalue weighted by Crippen LogP contribution is -2.36. The molecular formula is C16H18FN2O2+. The van der Waals surface area contributed by atoms with E-state index in [2.05, 4.69) is 5.32 Å². The van der Waals surface area contributed by atoms with Crippen LogP contribution in [0.15, 0.2) is 36.5 Å². The first-order valence-corrected chi connectivity index (χ1v) is 6.71. The van der Waals surface area contributed by atoms with Gasteiger partial charge in [0.25, 0.3) is 5.91 Å². The van der Waals surface area contributed by atoms with E-state index >= 15 is 0 Å². The summed E-state index contributed by atoms with van der Waals surface area (Å²) in [7, 11) is 1.46. The van der Waals surface area contributed by atoms with Crippen LogP contribution in [0.2, 0.25) is 0 Å². The minimum absolute atomic E-state index is 0.0157. The average Bonchev–Trinajstić information content (AvgIpc) is 2.46. The number of hydrogen-bond acceptors (Lipinski definition) is 2. The van der Waals surface area contributed by atoms with Crippen molar-refractivity contribution in [2.75, 3.05) is 7.05 Å². The van der Waals surface area contributed by atoms with Crippen LogP contribution in [0.1, 0.15) is 35.8 Å². The lowest BCUT2D eigenvalue weighted by Gasteiger charge is -2.09. The van der Waals surface area contributed by atoms with Gasteiger partial charge in [0.1, 0.15) is 5.82 Å². The van der Waals surface area contributed by atoms with Crippen LogP contribution in [0, 0.1) is 5.82 Å². The third-order valence-electron chi connectivity index (χ3n) is 3.31. The Morgan fingerprint density at radius 3 is 2.67 bits per heavy atom. The molecule has 5 heteroatoms. The quantitative estimate of drug-likeness (QED) is 0.674. The van der Waals surface area contributed by atoms with Crippen molar-refractivity contribution in [1.29, 1.82) is 0 Å². The van der Waals surface area contributed by atoms with Crippen molar-refractivity contribution >= 4 is 5.91 Å². The van der Waals surface area contributed by atoms with Crippen molar-refractivity contribution in [3.05, 3.63) is 53.6 Å². The first-order valence-electron chi connectivity index (χ1n) is 6.71. The Morgan fingerprint density at radius 1 is 1.33 bits per heavy atom. The Balaban J connectivity index is 2.63. The summed E-state index contributed by atoms with van der Waals surface area (Å²) in [5.41, 5.74) is 2.13. The maximum atomic E-state index is 13.7. The van der Waals surface area contributed by atoms with Crippen LogP contribution in [-0.4, -0.2) is 18.2 Å². The summed E-state index contributed by atoms with van der Waals surface area (Å²) in [6.45, 7) is 3.91. The van der Waals surface area contributed by atoms with Crippen molar-refractivity contribution in [3.63, 3.8) is 0 Å². The second-order valence-corrected chi connectivity index (χ2v) is 5.08. The summed E-state index contributed by atoms with van der Waals surface area (Å²) >= 11 is 0. The van der Waals surface area contributed by atoms with Crippen LogP contribution in [0.25, 0.3) is 11.1 Å². The molecule has 0 aliphatic rings. The molecule has 0 saturated heterocycles. The Kier molecular flexibility index (Phi) is 4.21. The highest BCUT2D eigenvalue weighted by atomic mass is 19.1. The molecule has 1 aromatic carbocycles. The summed E-state index contributed by atoms with van der Waals surface area (Å²) < 4.78 is 14.8. The minimum atomic E-state index is -0.572. The van der Waals surface area contributed by atoms with Crippen LogP contribution in [0.3, 0.4) is 0 Å². The van der Waals surface area contributed by atoms with E-state index in [1.807, 2.05) is 19.9 Å². The molecule has 2 rings (SSSR count). The Labute approximate surface area is 122 Å². The topological polar surface area (TPSA) is 53.2 Å². The molecule has 2 N–H and O–H groups in total. The first-order chi connectivity index (χ1) is 9.95. The van der Waals surface area contributed by atoms with Gasteiger partial charge in [0.15, 0.2) is 0 Å². The number of benzene rings is 1. The molecule has 0 aliphatic carbocycles. The molecule has 0 unspecified atom stereocenters. The second kappa shape index (κ2) is 5.91. The van der Waals surface area contributed by atoms with E-state index in [9.17, 15) is 14.4 Å². The molecule has 0 radical (unpaired) electrons. The normalized spacial score (nSPS) is 10.7. The number of nitrogens with zero attached hydrogens (tertiary/aromatic N) is 1. The van der Waals surface area contributed by atoms with Gasteiger partial charge in [0, 0.05) is 23.8 Å². The fourth-order valence-corrected chi connectivity index (χ4v) is 2.33. The average molecular weight is 289 g/mol. The Hall–Kier alpha value is -2.43. The molecule has 1 aromatic heterocycles. The van der Waals surface area contributed by atoms with Crippen LogP contribution < -0.4 is 10.0 Å². The van der Waals surface area contributed by atoms with E-state index in [0.717, 1.165) is 10.3 Å². The number of carbonyl (C=O) groups excluding carboxylic acids is 1. The monoisotopic (exact) mass is 289 g/mol. The summed E-state index contributed by atoms with van der Waals surface area (Å²) in [5, 5.41) is 12.4. The van der Waals surface area contributed by atoms with Gasteiger partial charge >= 0.3 is 0 Å². The highest BCUT2D eigenvalue weighted by Crippen LogP contribution is 2.27.